The molecule has 4 fully saturated rings. The first-order valence-corrected chi connectivity index (χ1v) is 19.8. The first-order chi connectivity index (χ1) is 21.4. The van der Waals surface area contributed by atoms with Crippen LogP contribution in [0.1, 0.15) is 188 Å². The van der Waals surface area contributed by atoms with Gasteiger partial charge < -0.3 is 10.1 Å². The average Bonchev–Trinajstić information content (AvgIpc) is 3.35. The number of amides is 1. The molecule has 1 amide bonds. The minimum Gasteiger partial charge on any atom is -0.353 e. The van der Waals surface area contributed by atoms with E-state index in [2.05, 4.69) is 38.2 Å². The Labute approximate surface area is 272 Å². The van der Waals surface area contributed by atoms with E-state index in [-0.39, 0.29) is 0 Å². The van der Waals surface area contributed by atoms with Gasteiger partial charge in [-0.3, -0.25) is 4.79 Å². The maximum atomic E-state index is 12.9. The van der Waals surface area contributed by atoms with Gasteiger partial charge in [-0.1, -0.05) is 84.3 Å². The van der Waals surface area contributed by atoms with Crippen molar-refractivity contribution in [2.75, 3.05) is 0 Å². The van der Waals surface area contributed by atoms with Crippen LogP contribution >= 0.6 is 0 Å². The van der Waals surface area contributed by atoms with Gasteiger partial charge in [-0.05, 0) is 143 Å². The summed E-state index contributed by atoms with van der Waals surface area (Å²) in [6.45, 7) is 7.56. The second-order valence-corrected chi connectivity index (χ2v) is 16.4. The quantitative estimate of drug-likeness (QED) is 0.0848. The van der Waals surface area contributed by atoms with Gasteiger partial charge in [0.2, 0.25) is 5.91 Å². The second kappa shape index (κ2) is 18.3. The Balaban J connectivity index is 1.08. The van der Waals surface area contributed by atoms with Gasteiger partial charge in [0.05, 0.1) is 0 Å². The molecule has 4 aliphatic carbocycles. The van der Waals surface area contributed by atoms with Crippen molar-refractivity contribution in [3.05, 3.63) is 12.2 Å². The third kappa shape index (κ3) is 9.47. The fourth-order valence-corrected chi connectivity index (χ4v) is 11.1. The van der Waals surface area contributed by atoms with Gasteiger partial charge in [0, 0.05) is 18.9 Å². The number of carbonyl (C=O) groups is 2. The van der Waals surface area contributed by atoms with Crippen LogP contribution in [0.5, 0.6) is 0 Å². The highest BCUT2D eigenvalue weighted by atomic mass is 16.1. The molecule has 0 saturated heterocycles. The molecule has 0 spiro atoms. The molecule has 252 valence electrons. The number of allylic oxidation sites excluding steroid dienone is 2. The fraction of sp³-hybridized carbons (Fsp3) is 0.902. The average molecular weight is 610 g/mol. The molecular formula is C41H71NO2. The fourth-order valence-electron chi connectivity index (χ4n) is 11.1. The zero-order valence-corrected chi connectivity index (χ0v) is 29.4. The van der Waals surface area contributed by atoms with E-state index in [1.807, 2.05) is 0 Å². The van der Waals surface area contributed by atoms with Gasteiger partial charge in [0.25, 0.3) is 0 Å². The van der Waals surface area contributed by atoms with E-state index in [1.54, 1.807) is 0 Å². The lowest BCUT2D eigenvalue weighted by atomic mass is 9.44. The van der Waals surface area contributed by atoms with Crippen molar-refractivity contribution in [2.24, 2.45) is 40.4 Å². The van der Waals surface area contributed by atoms with Crippen LogP contribution in [0.2, 0.25) is 0 Å². The van der Waals surface area contributed by atoms with Crippen molar-refractivity contribution in [3.63, 3.8) is 0 Å². The summed E-state index contributed by atoms with van der Waals surface area (Å²) >= 11 is 0. The van der Waals surface area contributed by atoms with E-state index >= 15 is 0 Å². The number of hydrogen-bond acceptors (Lipinski definition) is 2. The molecule has 1 N–H and O–H groups in total. The largest absolute Gasteiger partial charge is 0.353 e. The van der Waals surface area contributed by atoms with E-state index in [4.69, 9.17) is 0 Å². The standard InChI is InChI=1S/C41H71NO2/c1-4-5-6-7-8-9-10-11-12-13-14-15-16-17-18-22-39(44)42-35-27-29-41(3)34(32-35)23-25-36-37-26-24-33(21-19-20-31-43)40(37,2)30-28-38(36)41/h11-12,31,33-38H,4-10,13-30,32H2,1-3H3,(H,42,44)/b12-11-. The molecule has 8 unspecified atom stereocenters. The van der Waals surface area contributed by atoms with Crippen molar-refractivity contribution >= 4 is 12.2 Å². The lowest BCUT2D eigenvalue weighted by molar-refractivity contribution is -0.127. The summed E-state index contributed by atoms with van der Waals surface area (Å²) in [7, 11) is 0. The van der Waals surface area contributed by atoms with E-state index in [9.17, 15) is 9.59 Å². The van der Waals surface area contributed by atoms with Crippen LogP contribution in [0.25, 0.3) is 0 Å². The first kappa shape index (κ1) is 35.7. The van der Waals surface area contributed by atoms with Crippen LogP contribution in [0, 0.1) is 40.4 Å². The normalized spacial score (nSPS) is 34.8. The smallest absolute Gasteiger partial charge is 0.220 e. The molecular weight excluding hydrogens is 538 g/mol. The molecule has 0 aliphatic heterocycles. The van der Waals surface area contributed by atoms with Crippen LogP contribution in [0.4, 0.5) is 0 Å². The Morgan fingerprint density at radius 2 is 1.36 bits per heavy atom. The number of carbonyl (C=O) groups excluding carboxylic acids is 2. The number of unbranched alkanes of at least 4 members (excludes halogenated alkanes) is 12. The molecule has 0 aromatic rings. The molecule has 44 heavy (non-hydrogen) atoms. The predicted octanol–water partition coefficient (Wildman–Crippen LogP) is 11.5. The summed E-state index contributed by atoms with van der Waals surface area (Å²) in [5.74, 6) is 4.65. The Hall–Kier alpha value is -1.12. The molecule has 4 saturated carbocycles. The van der Waals surface area contributed by atoms with E-state index in [0.29, 0.717) is 22.8 Å². The Kier molecular flexibility index (Phi) is 14.8. The number of aldehydes is 1. The number of nitrogens with one attached hydrogen (secondary N) is 1. The van der Waals surface area contributed by atoms with Gasteiger partial charge >= 0.3 is 0 Å². The summed E-state index contributed by atoms with van der Waals surface area (Å²) in [5.41, 5.74) is 0.993. The molecule has 4 rings (SSSR count). The predicted molar refractivity (Wildman–Crippen MR) is 187 cm³/mol. The molecule has 0 aromatic carbocycles. The third-order valence-electron chi connectivity index (χ3n) is 13.8. The van der Waals surface area contributed by atoms with Crippen LogP contribution in [-0.4, -0.2) is 18.2 Å². The van der Waals surface area contributed by atoms with Gasteiger partial charge in [-0.15, -0.1) is 0 Å². The summed E-state index contributed by atoms with van der Waals surface area (Å²) < 4.78 is 0. The van der Waals surface area contributed by atoms with E-state index < -0.39 is 0 Å². The van der Waals surface area contributed by atoms with Crippen LogP contribution in [0.3, 0.4) is 0 Å². The van der Waals surface area contributed by atoms with E-state index in [0.717, 1.165) is 61.6 Å². The molecule has 8 atom stereocenters. The summed E-state index contributed by atoms with van der Waals surface area (Å²) in [6, 6.07) is 0.405. The first-order valence-electron chi connectivity index (χ1n) is 19.8. The SMILES string of the molecule is CCCCCCCC/C=C\CCCCCCCC(=O)NC1CCC2(C)C(CCC3C4CCC(CCCC=O)C4(C)CCC32)C1. The monoisotopic (exact) mass is 610 g/mol. The van der Waals surface area contributed by atoms with Crippen LogP contribution < -0.4 is 5.32 Å². The number of rotatable bonds is 20. The lowest BCUT2D eigenvalue weighted by Gasteiger charge is -2.61. The highest BCUT2D eigenvalue weighted by Gasteiger charge is 2.59. The summed E-state index contributed by atoms with van der Waals surface area (Å²) in [5, 5.41) is 3.49. The Morgan fingerprint density at radius 1 is 0.705 bits per heavy atom. The summed E-state index contributed by atoms with van der Waals surface area (Å²) in [6.07, 6.45) is 38.8. The molecule has 0 radical (unpaired) electrons. The molecule has 4 aliphatic rings. The van der Waals surface area contributed by atoms with Crippen molar-refractivity contribution in [2.45, 2.75) is 194 Å². The lowest BCUT2D eigenvalue weighted by Crippen LogP contribution is -2.55. The third-order valence-corrected chi connectivity index (χ3v) is 13.8. The minimum absolute atomic E-state index is 0.310. The molecule has 0 heterocycles. The maximum absolute atomic E-state index is 12.9. The Bertz CT molecular complexity index is 882. The molecule has 0 aromatic heterocycles. The van der Waals surface area contributed by atoms with Gasteiger partial charge in [-0.2, -0.15) is 0 Å². The zero-order valence-electron chi connectivity index (χ0n) is 29.4. The summed E-state index contributed by atoms with van der Waals surface area (Å²) in [4.78, 5) is 23.8. The van der Waals surface area contributed by atoms with Crippen molar-refractivity contribution in [1.29, 1.82) is 0 Å². The van der Waals surface area contributed by atoms with Crippen LogP contribution in [0.15, 0.2) is 12.2 Å². The van der Waals surface area contributed by atoms with Gasteiger partial charge in [0.1, 0.15) is 6.29 Å². The zero-order chi connectivity index (χ0) is 31.3. The maximum Gasteiger partial charge on any atom is 0.220 e. The van der Waals surface area contributed by atoms with Crippen molar-refractivity contribution in [1.82, 2.24) is 5.32 Å². The minimum atomic E-state index is 0.310. The van der Waals surface area contributed by atoms with Crippen LogP contribution in [-0.2, 0) is 9.59 Å². The van der Waals surface area contributed by atoms with Crippen molar-refractivity contribution < 1.29 is 9.59 Å². The molecule has 0 bridgehead atoms. The number of hydrogen-bond donors (Lipinski definition) is 1. The second-order valence-electron chi connectivity index (χ2n) is 16.4. The highest BCUT2D eigenvalue weighted by Crippen LogP contribution is 2.67. The van der Waals surface area contributed by atoms with Gasteiger partial charge in [-0.25, -0.2) is 0 Å². The molecule has 3 nitrogen and oxygen atoms in total. The Morgan fingerprint density at radius 3 is 2.09 bits per heavy atom. The van der Waals surface area contributed by atoms with Crippen molar-refractivity contribution in [3.8, 4) is 0 Å². The molecule has 3 heteroatoms. The number of fused-ring (bicyclic) bond motifs is 5. The van der Waals surface area contributed by atoms with Gasteiger partial charge in [0.15, 0.2) is 0 Å². The topological polar surface area (TPSA) is 46.2 Å². The highest BCUT2D eigenvalue weighted by molar-refractivity contribution is 5.76. The van der Waals surface area contributed by atoms with E-state index in [1.165, 1.54) is 141 Å².